The quantitative estimate of drug-likeness (QED) is 0.819. The smallest absolute Gasteiger partial charge is 0.0177 e. The van der Waals surface area contributed by atoms with E-state index >= 15 is 0 Å². The summed E-state index contributed by atoms with van der Waals surface area (Å²) in [7, 11) is 2.31. The molecule has 0 radical (unpaired) electrons. The van der Waals surface area contributed by atoms with Crippen molar-refractivity contribution in [3.05, 3.63) is 35.9 Å². The summed E-state index contributed by atoms with van der Waals surface area (Å²) >= 11 is 0. The van der Waals surface area contributed by atoms with Gasteiger partial charge in [-0.05, 0) is 32.0 Å². The molecule has 1 aromatic rings. The summed E-state index contributed by atoms with van der Waals surface area (Å²) in [5, 5.41) is 3.56. The summed E-state index contributed by atoms with van der Waals surface area (Å²) in [6, 6.07) is 11.8. The molecule has 112 valence electrons. The predicted octanol–water partition coefficient (Wildman–Crippen LogP) is 3.43. The van der Waals surface area contributed by atoms with Gasteiger partial charge in [0.15, 0.2) is 0 Å². The van der Waals surface area contributed by atoms with Gasteiger partial charge in [0, 0.05) is 24.5 Å². The average Bonchev–Trinajstić information content (AvgIpc) is 3.00. The predicted molar refractivity (Wildman–Crippen MR) is 87.2 cm³/mol. The third-order valence-electron chi connectivity index (χ3n) is 4.78. The molecule has 20 heavy (non-hydrogen) atoms. The molecular formula is C18H30N2. The molecule has 2 nitrogen and oxygen atoms in total. The summed E-state index contributed by atoms with van der Waals surface area (Å²) in [4.78, 5) is 2.59. The summed E-state index contributed by atoms with van der Waals surface area (Å²) in [6.45, 7) is 7.80. The van der Waals surface area contributed by atoms with Crippen LogP contribution in [0.2, 0.25) is 0 Å². The van der Waals surface area contributed by atoms with Crippen LogP contribution in [0.15, 0.2) is 30.3 Å². The van der Waals surface area contributed by atoms with E-state index in [4.69, 9.17) is 0 Å². The Kier molecular flexibility index (Phi) is 5.62. The highest BCUT2D eigenvalue weighted by Gasteiger charge is 2.30. The Balaban J connectivity index is 2.09. The second-order valence-corrected chi connectivity index (χ2v) is 6.56. The van der Waals surface area contributed by atoms with Crippen LogP contribution in [-0.4, -0.2) is 37.6 Å². The lowest BCUT2D eigenvalue weighted by Gasteiger charge is -2.37. The van der Waals surface area contributed by atoms with E-state index in [0.717, 1.165) is 25.7 Å². The minimum absolute atomic E-state index is 0.189. The van der Waals surface area contributed by atoms with Gasteiger partial charge >= 0.3 is 0 Å². The van der Waals surface area contributed by atoms with Crippen LogP contribution < -0.4 is 5.32 Å². The van der Waals surface area contributed by atoms with Gasteiger partial charge in [-0.1, -0.05) is 57.0 Å². The first kappa shape index (κ1) is 15.5. The Morgan fingerprint density at radius 1 is 1.20 bits per heavy atom. The Morgan fingerprint density at radius 3 is 2.45 bits per heavy atom. The zero-order valence-corrected chi connectivity index (χ0v) is 13.4. The monoisotopic (exact) mass is 274 g/mol. The van der Waals surface area contributed by atoms with Crippen LogP contribution in [-0.2, 0) is 5.41 Å². The first-order valence-corrected chi connectivity index (χ1v) is 8.12. The van der Waals surface area contributed by atoms with E-state index in [-0.39, 0.29) is 5.41 Å². The average molecular weight is 274 g/mol. The Bertz CT molecular complexity index is 384. The fraction of sp³-hybridized carbons (Fsp3) is 0.667. The lowest BCUT2D eigenvalue weighted by Crippen LogP contribution is -2.46. The van der Waals surface area contributed by atoms with E-state index in [2.05, 4.69) is 61.4 Å². The molecule has 0 bridgehead atoms. The maximum absolute atomic E-state index is 3.56. The fourth-order valence-corrected chi connectivity index (χ4v) is 3.52. The highest BCUT2D eigenvalue weighted by atomic mass is 15.1. The molecule has 1 aromatic carbocycles. The van der Waals surface area contributed by atoms with Crippen molar-refractivity contribution in [3.63, 3.8) is 0 Å². The topological polar surface area (TPSA) is 15.3 Å². The van der Waals surface area contributed by atoms with Crippen LogP contribution >= 0.6 is 0 Å². The fourth-order valence-electron chi connectivity index (χ4n) is 3.52. The van der Waals surface area contributed by atoms with E-state index in [9.17, 15) is 0 Å². The molecule has 0 spiro atoms. The number of likely N-dealkylation sites (N-methyl/N-ethyl adjacent to an activating group) is 2. The first-order valence-electron chi connectivity index (χ1n) is 8.12. The number of hydrogen-bond donors (Lipinski definition) is 1. The van der Waals surface area contributed by atoms with Crippen LogP contribution in [0.25, 0.3) is 0 Å². The van der Waals surface area contributed by atoms with Crippen molar-refractivity contribution >= 4 is 0 Å². The number of rotatable bonds is 7. The minimum Gasteiger partial charge on any atom is -0.316 e. The largest absolute Gasteiger partial charge is 0.316 e. The highest BCUT2D eigenvalue weighted by molar-refractivity contribution is 5.25. The van der Waals surface area contributed by atoms with E-state index in [1.807, 2.05) is 0 Å². The maximum atomic E-state index is 3.56. The third-order valence-corrected chi connectivity index (χ3v) is 4.78. The minimum atomic E-state index is 0.189. The van der Waals surface area contributed by atoms with Crippen molar-refractivity contribution in [2.75, 3.05) is 26.7 Å². The molecule has 1 saturated carbocycles. The van der Waals surface area contributed by atoms with Gasteiger partial charge in [0.2, 0.25) is 0 Å². The second-order valence-electron chi connectivity index (χ2n) is 6.56. The van der Waals surface area contributed by atoms with Crippen LogP contribution in [0.1, 0.15) is 45.1 Å². The summed E-state index contributed by atoms with van der Waals surface area (Å²) in [5.41, 5.74) is 1.64. The summed E-state index contributed by atoms with van der Waals surface area (Å²) in [5.74, 6) is 0. The van der Waals surface area contributed by atoms with Crippen molar-refractivity contribution in [3.8, 4) is 0 Å². The second kappa shape index (κ2) is 7.24. The van der Waals surface area contributed by atoms with Crippen molar-refractivity contribution in [2.24, 2.45) is 0 Å². The SMILES string of the molecule is CCNCC(C)(CN(C)C1CCCC1)c1ccccc1. The lowest BCUT2D eigenvalue weighted by molar-refractivity contribution is 0.192. The third kappa shape index (κ3) is 3.83. The Labute approximate surface area is 124 Å². The van der Waals surface area contributed by atoms with Gasteiger partial charge in [-0.15, -0.1) is 0 Å². The molecule has 0 amide bonds. The van der Waals surface area contributed by atoms with Gasteiger partial charge in [0.1, 0.15) is 0 Å². The van der Waals surface area contributed by atoms with Crippen LogP contribution in [0.4, 0.5) is 0 Å². The molecule has 1 aliphatic rings. The molecule has 0 heterocycles. The Hall–Kier alpha value is -0.860. The Morgan fingerprint density at radius 2 is 1.85 bits per heavy atom. The van der Waals surface area contributed by atoms with E-state index < -0.39 is 0 Å². The highest BCUT2D eigenvalue weighted by Crippen LogP contribution is 2.28. The van der Waals surface area contributed by atoms with E-state index in [0.29, 0.717) is 0 Å². The number of nitrogens with zero attached hydrogens (tertiary/aromatic N) is 1. The lowest BCUT2D eigenvalue weighted by atomic mass is 9.81. The molecule has 1 unspecified atom stereocenters. The van der Waals surface area contributed by atoms with Gasteiger partial charge in [-0.2, -0.15) is 0 Å². The summed E-state index contributed by atoms with van der Waals surface area (Å²) < 4.78 is 0. The number of nitrogens with one attached hydrogen (secondary N) is 1. The molecule has 1 atom stereocenters. The van der Waals surface area contributed by atoms with Crippen molar-refractivity contribution in [1.29, 1.82) is 0 Å². The molecule has 0 aromatic heterocycles. The van der Waals surface area contributed by atoms with Gasteiger partial charge in [-0.25, -0.2) is 0 Å². The van der Waals surface area contributed by atoms with Crippen LogP contribution in [0.5, 0.6) is 0 Å². The van der Waals surface area contributed by atoms with Gasteiger partial charge in [-0.3, -0.25) is 0 Å². The molecule has 1 aliphatic carbocycles. The van der Waals surface area contributed by atoms with Crippen LogP contribution in [0.3, 0.4) is 0 Å². The molecule has 1 fully saturated rings. The molecule has 0 saturated heterocycles. The maximum Gasteiger partial charge on any atom is 0.0177 e. The van der Waals surface area contributed by atoms with Crippen molar-refractivity contribution in [1.82, 2.24) is 10.2 Å². The molecule has 1 N–H and O–H groups in total. The zero-order chi connectivity index (χ0) is 14.4. The van der Waals surface area contributed by atoms with E-state index in [1.54, 1.807) is 0 Å². The van der Waals surface area contributed by atoms with Crippen LogP contribution in [0, 0.1) is 0 Å². The van der Waals surface area contributed by atoms with Crippen molar-refractivity contribution < 1.29 is 0 Å². The van der Waals surface area contributed by atoms with Crippen molar-refractivity contribution in [2.45, 2.75) is 51.0 Å². The first-order chi connectivity index (χ1) is 9.65. The molecule has 0 aliphatic heterocycles. The molecule has 2 heteroatoms. The van der Waals surface area contributed by atoms with Gasteiger partial charge in [0.05, 0.1) is 0 Å². The standard InChI is InChI=1S/C18H30N2/c1-4-19-14-18(2,16-10-6-5-7-11-16)15-20(3)17-12-8-9-13-17/h5-7,10-11,17,19H,4,8-9,12-15H2,1-3H3. The van der Waals surface area contributed by atoms with Gasteiger partial charge in [0.25, 0.3) is 0 Å². The summed E-state index contributed by atoms with van der Waals surface area (Å²) in [6.07, 6.45) is 5.57. The normalized spacial score (nSPS) is 19.4. The number of hydrogen-bond acceptors (Lipinski definition) is 2. The molecule has 2 rings (SSSR count). The number of benzene rings is 1. The van der Waals surface area contributed by atoms with Gasteiger partial charge < -0.3 is 10.2 Å². The molecular weight excluding hydrogens is 244 g/mol. The zero-order valence-electron chi connectivity index (χ0n) is 13.4. The van der Waals surface area contributed by atoms with E-state index in [1.165, 1.54) is 31.2 Å².